The minimum Gasteiger partial charge on any atom is -0.503 e. The Bertz CT molecular complexity index is 650. The molecule has 0 aliphatic carbocycles. The predicted octanol–water partition coefficient (Wildman–Crippen LogP) is 5.31. The van der Waals surface area contributed by atoms with Crippen LogP contribution in [0.25, 0.3) is 12.2 Å². The summed E-state index contributed by atoms with van der Waals surface area (Å²) in [6.45, 7) is 5.07. The summed E-state index contributed by atoms with van der Waals surface area (Å²) in [4.78, 5) is 0. The Kier molecular flexibility index (Phi) is 6.38. The maximum atomic E-state index is 12.9. The Morgan fingerprint density at radius 1 is 0.909 bits per heavy atom. The predicted molar refractivity (Wildman–Crippen MR) is 79.2 cm³/mol. The third-order valence-electron chi connectivity index (χ3n) is 2.64. The van der Waals surface area contributed by atoms with Crippen molar-refractivity contribution in [2.75, 3.05) is 0 Å². The molecule has 0 amide bonds. The first-order valence-electron chi connectivity index (χ1n) is 6.29. The molecule has 0 fully saturated rings. The number of halogens is 4. The van der Waals surface area contributed by atoms with E-state index in [1.807, 2.05) is 36.4 Å². The molecule has 22 heavy (non-hydrogen) atoms. The summed E-state index contributed by atoms with van der Waals surface area (Å²) in [7, 11) is 0. The Hall–Kier alpha value is -2.56. The lowest BCUT2D eigenvalue weighted by atomic mass is 10.1. The van der Waals surface area contributed by atoms with Gasteiger partial charge in [-0.3, -0.25) is 0 Å². The average molecular weight is 310 g/mol. The first kappa shape index (κ1) is 17.5. The number of allylic oxidation sites excluding steroid dienone is 1. The molecule has 0 spiro atoms. The standard InChI is InChI=1S/C9H6F4O.C8H8/c1-2-3-4-5(10)7(12)8(13)9(14)6(4)11;1-2-8-6-4-3-5-7-8/h2-3,14H,1H3;2-7H,1H2. The van der Waals surface area contributed by atoms with Gasteiger partial charge in [0.25, 0.3) is 0 Å². The number of phenolic OH excluding ortho intramolecular Hbond substituents is 1. The first-order valence-corrected chi connectivity index (χ1v) is 6.29. The summed E-state index contributed by atoms with van der Waals surface area (Å²) in [6, 6.07) is 10.0. The highest BCUT2D eigenvalue weighted by Gasteiger charge is 2.23. The summed E-state index contributed by atoms with van der Waals surface area (Å²) in [5, 5.41) is 8.73. The highest BCUT2D eigenvalue weighted by Crippen LogP contribution is 2.29. The largest absolute Gasteiger partial charge is 0.503 e. The van der Waals surface area contributed by atoms with Gasteiger partial charge >= 0.3 is 0 Å². The summed E-state index contributed by atoms with van der Waals surface area (Å²) < 4.78 is 51.0. The molecule has 0 saturated heterocycles. The van der Waals surface area contributed by atoms with Gasteiger partial charge in [0.15, 0.2) is 23.2 Å². The second-order valence-electron chi connectivity index (χ2n) is 4.13. The van der Waals surface area contributed by atoms with E-state index in [-0.39, 0.29) is 0 Å². The Labute approximate surface area is 125 Å². The van der Waals surface area contributed by atoms with E-state index >= 15 is 0 Å². The molecule has 5 heteroatoms. The van der Waals surface area contributed by atoms with Gasteiger partial charge in [0, 0.05) is 0 Å². The number of hydrogen-bond donors (Lipinski definition) is 1. The van der Waals surface area contributed by atoms with Crippen LogP contribution >= 0.6 is 0 Å². The zero-order valence-electron chi connectivity index (χ0n) is 11.8. The van der Waals surface area contributed by atoms with E-state index in [0.29, 0.717) is 0 Å². The third kappa shape index (κ3) is 3.97. The monoisotopic (exact) mass is 310 g/mol. The average Bonchev–Trinajstić information content (AvgIpc) is 2.56. The molecule has 0 radical (unpaired) electrons. The lowest BCUT2D eigenvalue weighted by molar-refractivity contribution is 0.357. The molecule has 0 unspecified atom stereocenters. The van der Waals surface area contributed by atoms with E-state index in [2.05, 4.69) is 6.58 Å². The Morgan fingerprint density at radius 2 is 1.50 bits per heavy atom. The maximum Gasteiger partial charge on any atom is 0.206 e. The molecule has 2 aromatic carbocycles. The maximum absolute atomic E-state index is 12.9. The molecule has 0 bridgehead atoms. The zero-order valence-corrected chi connectivity index (χ0v) is 11.8. The minimum absolute atomic E-state index is 0.802. The highest BCUT2D eigenvalue weighted by atomic mass is 19.2. The molecule has 2 aromatic rings. The number of rotatable bonds is 2. The van der Waals surface area contributed by atoms with Crippen LogP contribution in [0.2, 0.25) is 0 Å². The number of benzene rings is 2. The van der Waals surface area contributed by atoms with E-state index in [1.54, 1.807) is 0 Å². The van der Waals surface area contributed by atoms with E-state index in [4.69, 9.17) is 5.11 Å². The van der Waals surface area contributed by atoms with Crippen molar-refractivity contribution in [1.29, 1.82) is 0 Å². The molecule has 0 atom stereocenters. The van der Waals surface area contributed by atoms with Gasteiger partial charge in [0.05, 0.1) is 5.56 Å². The van der Waals surface area contributed by atoms with Crippen LogP contribution in [0.3, 0.4) is 0 Å². The van der Waals surface area contributed by atoms with Gasteiger partial charge in [0.2, 0.25) is 5.82 Å². The summed E-state index contributed by atoms with van der Waals surface area (Å²) in [5.74, 6) is -8.50. The fraction of sp³-hybridized carbons (Fsp3) is 0.0588. The minimum atomic E-state index is -1.92. The molecule has 0 aromatic heterocycles. The molecule has 0 aliphatic heterocycles. The molecule has 0 saturated carbocycles. The lowest BCUT2D eigenvalue weighted by Gasteiger charge is -2.04. The second kappa shape index (κ2) is 8.02. The van der Waals surface area contributed by atoms with Gasteiger partial charge in [-0.25, -0.2) is 13.2 Å². The lowest BCUT2D eigenvalue weighted by Crippen LogP contribution is -1.99. The van der Waals surface area contributed by atoms with Gasteiger partial charge < -0.3 is 5.11 Å². The molecule has 2 rings (SSSR count). The van der Waals surface area contributed by atoms with Gasteiger partial charge in [0.1, 0.15) is 0 Å². The quantitative estimate of drug-likeness (QED) is 0.453. The molecular formula is C17H14F4O. The summed E-state index contributed by atoms with van der Waals surface area (Å²) >= 11 is 0. The molecule has 116 valence electrons. The van der Waals surface area contributed by atoms with Crippen LogP contribution in [0.15, 0.2) is 43.0 Å². The molecular weight excluding hydrogens is 296 g/mol. The fourth-order valence-electron chi connectivity index (χ4n) is 1.54. The smallest absolute Gasteiger partial charge is 0.206 e. The number of aromatic hydroxyl groups is 1. The van der Waals surface area contributed by atoms with Crippen molar-refractivity contribution in [3.8, 4) is 5.75 Å². The van der Waals surface area contributed by atoms with Crippen molar-refractivity contribution in [1.82, 2.24) is 0 Å². The van der Waals surface area contributed by atoms with E-state index in [9.17, 15) is 17.6 Å². The van der Waals surface area contributed by atoms with E-state index in [0.717, 1.165) is 6.08 Å². The molecule has 1 nitrogen and oxygen atoms in total. The van der Waals surface area contributed by atoms with E-state index < -0.39 is 34.6 Å². The summed E-state index contributed by atoms with van der Waals surface area (Å²) in [6.07, 6.45) is 3.96. The Balaban J connectivity index is 0.000000255. The van der Waals surface area contributed by atoms with Crippen molar-refractivity contribution in [2.45, 2.75) is 6.92 Å². The topological polar surface area (TPSA) is 20.2 Å². The molecule has 1 N–H and O–H groups in total. The van der Waals surface area contributed by atoms with Crippen molar-refractivity contribution in [3.05, 3.63) is 77.4 Å². The normalized spacial score (nSPS) is 10.2. The van der Waals surface area contributed by atoms with Crippen molar-refractivity contribution in [3.63, 3.8) is 0 Å². The first-order chi connectivity index (χ1) is 10.4. The van der Waals surface area contributed by atoms with Gasteiger partial charge in [-0.05, 0) is 12.5 Å². The van der Waals surface area contributed by atoms with Crippen LogP contribution in [0.5, 0.6) is 5.75 Å². The van der Waals surface area contributed by atoms with Crippen LogP contribution < -0.4 is 0 Å². The second-order valence-corrected chi connectivity index (χ2v) is 4.13. The van der Waals surface area contributed by atoms with Gasteiger partial charge in [-0.15, -0.1) is 0 Å². The number of phenols is 1. The van der Waals surface area contributed by atoms with Crippen LogP contribution in [0.4, 0.5) is 17.6 Å². The molecule has 0 aliphatic rings. The van der Waals surface area contributed by atoms with Crippen molar-refractivity contribution >= 4 is 12.2 Å². The fourth-order valence-corrected chi connectivity index (χ4v) is 1.54. The van der Waals surface area contributed by atoms with Crippen LogP contribution in [0.1, 0.15) is 18.1 Å². The molecule has 0 heterocycles. The Morgan fingerprint density at radius 3 is 1.95 bits per heavy atom. The van der Waals surface area contributed by atoms with Gasteiger partial charge in [-0.2, -0.15) is 4.39 Å². The van der Waals surface area contributed by atoms with Crippen molar-refractivity contribution < 1.29 is 22.7 Å². The zero-order chi connectivity index (χ0) is 16.7. The SMILES string of the molecule is C=Cc1ccccc1.CC=Cc1c(F)c(O)c(F)c(F)c1F. The highest BCUT2D eigenvalue weighted by molar-refractivity contribution is 5.54. The van der Waals surface area contributed by atoms with Crippen molar-refractivity contribution in [2.24, 2.45) is 0 Å². The third-order valence-corrected chi connectivity index (χ3v) is 2.64. The van der Waals surface area contributed by atoms with E-state index in [1.165, 1.54) is 18.6 Å². The van der Waals surface area contributed by atoms with Crippen LogP contribution in [0, 0.1) is 23.3 Å². The number of hydrogen-bond acceptors (Lipinski definition) is 1. The summed E-state index contributed by atoms with van der Waals surface area (Å²) in [5.41, 5.74) is 0.372. The van der Waals surface area contributed by atoms with Crippen LogP contribution in [-0.2, 0) is 0 Å². The van der Waals surface area contributed by atoms with Crippen LogP contribution in [-0.4, -0.2) is 5.11 Å². The van der Waals surface area contributed by atoms with Gasteiger partial charge in [-0.1, -0.05) is 55.1 Å².